The third-order valence-corrected chi connectivity index (χ3v) is 5.43. The standard InChI is InChI=1S/C18H18N2O5S2/c1-27(23,24)19-14-7-3-2-6-13(14)18(22)25-12-17(21)20-10-11-26-16-9-5-4-8-15(16)20/h2-9,19H,10-12H2,1H3. The van der Waals surface area contributed by atoms with Gasteiger partial charge in [0.15, 0.2) is 6.61 Å². The number of carbonyl (C=O) groups excluding carboxylic acids is 2. The Morgan fingerprint density at radius 3 is 2.63 bits per heavy atom. The topological polar surface area (TPSA) is 92.8 Å². The van der Waals surface area contributed by atoms with E-state index in [0.717, 1.165) is 22.6 Å². The largest absolute Gasteiger partial charge is 0.452 e. The van der Waals surface area contributed by atoms with Crippen molar-refractivity contribution in [3.8, 4) is 0 Å². The van der Waals surface area contributed by atoms with Crippen LogP contribution in [0.4, 0.5) is 11.4 Å². The number of anilines is 2. The average Bonchev–Trinajstić information content (AvgIpc) is 2.64. The zero-order valence-electron chi connectivity index (χ0n) is 14.5. The summed E-state index contributed by atoms with van der Waals surface area (Å²) in [5, 5.41) is 0. The molecule has 1 aliphatic heterocycles. The van der Waals surface area contributed by atoms with E-state index in [1.54, 1.807) is 28.8 Å². The van der Waals surface area contributed by atoms with Crippen LogP contribution in [-0.2, 0) is 19.6 Å². The Morgan fingerprint density at radius 1 is 1.15 bits per heavy atom. The second-order valence-electron chi connectivity index (χ2n) is 5.86. The van der Waals surface area contributed by atoms with E-state index in [9.17, 15) is 18.0 Å². The minimum absolute atomic E-state index is 0.0466. The Labute approximate surface area is 161 Å². The number of rotatable bonds is 5. The Morgan fingerprint density at radius 2 is 1.85 bits per heavy atom. The summed E-state index contributed by atoms with van der Waals surface area (Å²) >= 11 is 1.67. The van der Waals surface area contributed by atoms with Gasteiger partial charge in [0.1, 0.15) is 0 Å². The minimum Gasteiger partial charge on any atom is -0.452 e. The highest BCUT2D eigenvalue weighted by atomic mass is 32.2. The molecule has 7 nitrogen and oxygen atoms in total. The van der Waals surface area contributed by atoms with Gasteiger partial charge >= 0.3 is 5.97 Å². The number of para-hydroxylation sites is 2. The number of carbonyl (C=O) groups is 2. The molecule has 0 aromatic heterocycles. The summed E-state index contributed by atoms with van der Waals surface area (Å²) in [4.78, 5) is 27.5. The van der Waals surface area contributed by atoms with Crippen molar-refractivity contribution >= 4 is 45.0 Å². The van der Waals surface area contributed by atoms with Crippen molar-refractivity contribution in [1.82, 2.24) is 0 Å². The lowest BCUT2D eigenvalue weighted by molar-refractivity contribution is -0.121. The van der Waals surface area contributed by atoms with Crippen molar-refractivity contribution in [1.29, 1.82) is 0 Å². The van der Waals surface area contributed by atoms with Gasteiger partial charge < -0.3 is 9.64 Å². The molecule has 2 aromatic carbocycles. The van der Waals surface area contributed by atoms with Crippen LogP contribution in [-0.4, -0.2) is 45.5 Å². The second-order valence-corrected chi connectivity index (χ2v) is 8.74. The summed E-state index contributed by atoms with van der Waals surface area (Å²) in [5.41, 5.74) is 0.955. The zero-order valence-corrected chi connectivity index (χ0v) is 16.2. The number of amides is 1. The highest BCUT2D eigenvalue weighted by Gasteiger charge is 2.24. The van der Waals surface area contributed by atoms with Crippen molar-refractivity contribution in [3.05, 3.63) is 54.1 Å². The van der Waals surface area contributed by atoms with Crippen molar-refractivity contribution in [2.75, 3.05) is 34.8 Å². The van der Waals surface area contributed by atoms with E-state index in [4.69, 9.17) is 4.74 Å². The number of nitrogens with one attached hydrogen (secondary N) is 1. The highest BCUT2D eigenvalue weighted by molar-refractivity contribution is 7.99. The van der Waals surface area contributed by atoms with Crippen LogP contribution in [0, 0.1) is 0 Å². The number of hydrogen-bond acceptors (Lipinski definition) is 6. The van der Waals surface area contributed by atoms with E-state index in [0.29, 0.717) is 6.54 Å². The molecule has 0 spiro atoms. The molecule has 0 fully saturated rings. The third-order valence-electron chi connectivity index (χ3n) is 3.80. The van der Waals surface area contributed by atoms with Crippen LogP contribution in [0.1, 0.15) is 10.4 Å². The zero-order chi connectivity index (χ0) is 19.4. The van der Waals surface area contributed by atoms with Crippen LogP contribution in [0.5, 0.6) is 0 Å². The van der Waals surface area contributed by atoms with Crippen molar-refractivity contribution in [3.63, 3.8) is 0 Å². The predicted molar refractivity (Wildman–Crippen MR) is 105 cm³/mol. The van der Waals surface area contributed by atoms with Crippen LogP contribution >= 0.6 is 11.8 Å². The maximum absolute atomic E-state index is 12.5. The first-order chi connectivity index (χ1) is 12.8. The molecule has 0 bridgehead atoms. The highest BCUT2D eigenvalue weighted by Crippen LogP contribution is 2.34. The molecule has 1 heterocycles. The number of benzene rings is 2. The van der Waals surface area contributed by atoms with E-state index in [2.05, 4.69) is 4.72 Å². The number of sulfonamides is 1. The number of ether oxygens (including phenoxy) is 1. The molecule has 142 valence electrons. The van der Waals surface area contributed by atoms with Gasteiger partial charge in [0.05, 0.1) is 23.2 Å². The Bertz CT molecular complexity index is 975. The molecule has 3 rings (SSSR count). The maximum Gasteiger partial charge on any atom is 0.340 e. The minimum atomic E-state index is -3.55. The molecular weight excluding hydrogens is 388 g/mol. The smallest absolute Gasteiger partial charge is 0.340 e. The van der Waals surface area contributed by atoms with E-state index < -0.39 is 22.6 Å². The molecule has 0 aliphatic carbocycles. The molecule has 1 N–H and O–H groups in total. The van der Waals surface area contributed by atoms with Gasteiger partial charge in [-0.15, -0.1) is 11.8 Å². The molecule has 9 heteroatoms. The third kappa shape index (κ3) is 4.81. The van der Waals surface area contributed by atoms with Gasteiger partial charge in [-0.2, -0.15) is 0 Å². The van der Waals surface area contributed by atoms with Gasteiger partial charge in [0.25, 0.3) is 5.91 Å². The number of thioether (sulfide) groups is 1. The lowest BCUT2D eigenvalue weighted by Crippen LogP contribution is -2.38. The molecule has 0 atom stereocenters. The first kappa shape index (κ1) is 19.2. The Balaban J connectivity index is 1.69. The molecule has 27 heavy (non-hydrogen) atoms. The quantitative estimate of drug-likeness (QED) is 0.767. The van der Waals surface area contributed by atoms with Crippen molar-refractivity contribution in [2.45, 2.75) is 4.90 Å². The average molecular weight is 406 g/mol. The summed E-state index contributed by atoms with van der Waals surface area (Å²) in [5.74, 6) is -0.336. The number of fused-ring (bicyclic) bond motifs is 1. The first-order valence-electron chi connectivity index (χ1n) is 8.11. The predicted octanol–water partition coefficient (Wildman–Crippen LogP) is 2.35. The summed E-state index contributed by atoms with van der Waals surface area (Å²) in [6.45, 7) is 0.106. The van der Waals surface area contributed by atoms with E-state index in [1.807, 2.05) is 24.3 Å². The first-order valence-corrected chi connectivity index (χ1v) is 11.0. The lowest BCUT2D eigenvalue weighted by Gasteiger charge is -2.28. The fraction of sp³-hybridized carbons (Fsp3) is 0.222. The summed E-state index contributed by atoms with van der Waals surface area (Å²) in [7, 11) is -3.55. The number of esters is 1. The fourth-order valence-electron chi connectivity index (χ4n) is 2.66. The monoisotopic (exact) mass is 406 g/mol. The van der Waals surface area contributed by atoms with Crippen LogP contribution in [0.15, 0.2) is 53.4 Å². The molecule has 0 unspecified atom stereocenters. The fourth-order valence-corrected chi connectivity index (χ4v) is 4.23. The van der Waals surface area contributed by atoms with Crippen molar-refractivity contribution in [2.24, 2.45) is 0 Å². The Hall–Kier alpha value is -2.52. The van der Waals surface area contributed by atoms with Crippen LogP contribution in [0.3, 0.4) is 0 Å². The van der Waals surface area contributed by atoms with E-state index in [1.165, 1.54) is 12.1 Å². The van der Waals surface area contributed by atoms with Gasteiger partial charge in [-0.1, -0.05) is 24.3 Å². The molecule has 0 radical (unpaired) electrons. The molecule has 1 aliphatic rings. The van der Waals surface area contributed by atoms with Crippen LogP contribution < -0.4 is 9.62 Å². The maximum atomic E-state index is 12.5. The van der Waals surface area contributed by atoms with Crippen molar-refractivity contribution < 1.29 is 22.7 Å². The normalized spacial score (nSPS) is 13.6. The van der Waals surface area contributed by atoms with Gasteiger partial charge in [-0.05, 0) is 24.3 Å². The summed E-state index contributed by atoms with van der Waals surface area (Å²) in [6, 6.07) is 13.6. The van der Waals surface area contributed by atoms with E-state index >= 15 is 0 Å². The van der Waals surface area contributed by atoms with Crippen LogP contribution in [0.2, 0.25) is 0 Å². The number of nitrogens with zero attached hydrogens (tertiary/aromatic N) is 1. The SMILES string of the molecule is CS(=O)(=O)Nc1ccccc1C(=O)OCC(=O)N1CCSc2ccccc21. The summed E-state index contributed by atoms with van der Waals surface area (Å²) < 4.78 is 30.3. The molecule has 1 amide bonds. The summed E-state index contributed by atoms with van der Waals surface area (Å²) in [6.07, 6.45) is 0.991. The Kier molecular flexibility index (Phi) is 5.71. The number of hydrogen-bond donors (Lipinski definition) is 1. The molecule has 0 saturated heterocycles. The van der Waals surface area contributed by atoms with Gasteiger partial charge in [-0.3, -0.25) is 9.52 Å². The van der Waals surface area contributed by atoms with Crippen LogP contribution in [0.25, 0.3) is 0 Å². The van der Waals surface area contributed by atoms with E-state index in [-0.39, 0.29) is 17.2 Å². The molecular formula is C18H18N2O5S2. The lowest BCUT2D eigenvalue weighted by atomic mass is 10.2. The van der Waals surface area contributed by atoms with Gasteiger partial charge in [0.2, 0.25) is 10.0 Å². The molecule has 2 aromatic rings. The van der Waals surface area contributed by atoms with Gasteiger partial charge in [-0.25, -0.2) is 13.2 Å². The van der Waals surface area contributed by atoms with Gasteiger partial charge in [0, 0.05) is 17.2 Å². The molecule has 0 saturated carbocycles. The second kappa shape index (κ2) is 8.01.